The van der Waals surface area contributed by atoms with Crippen molar-refractivity contribution in [3.8, 4) is 11.5 Å². The Bertz CT molecular complexity index is 669. The number of methoxy groups -OCH3 is 1. The maximum Gasteiger partial charge on any atom is 0.228 e. The molecule has 1 aliphatic rings. The Hall–Kier alpha value is -2.12. The van der Waals surface area contributed by atoms with Crippen molar-refractivity contribution in [2.24, 2.45) is 0 Å². The Kier molecular flexibility index (Phi) is 5.55. The molecule has 2 aromatic carbocycles. The first-order valence-electron chi connectivity index (χ1n) is 8.11. The second-order valence-electron chi connectivity index (χ2n) is 6.04. The summed E-state index contributed by atoms with van der Waals surface area (Å²) >= 11 is 0. The number of benzene rings is 2. The van der Waals surface area contributed by atoms with E-state index >= 15 is 0 Å². The zero-order chi connectivity index (χ0) is 17.8. The van der Waals surface area contributed by atoms with E-state index in [4.69, 9.17) is 14.2 Å². The first-order valence-corrected chi connectivity index (χ1v) is 8.11. The third kappa shape index (κ3) is 4.29. The normalized spacial score (nSPS) is 26.2. The van der Waals surface area contributed by atoms with Gasteiger partial charge in [-0.3, -0.25) is 0 Å². The second-order valence-corrected chi connectivity index (χ2v) is 6.04. The smallest absolute Gasteiger partial charge is 0.228 e. The molecule has 25 heavy (non-hydrogen) atoms. The molecule has 6 nitrogen and oxygen atoms in total. The molecule has 1 aliphatic heterocycles. The monoisotopic (exact) mass is 346 g/mol. The van der Waals surface area contributed by atoms with E-state index in [9.17, 15) is 15.3 Å². The Balaban J connectivity index is 1.60. The van der Waals surface area contributed by atoms with E-state index < -0.39 is 24.6 Å². The molecule has 0 bridgehead atoms. The molecule has 0 unspecified atom stereocenters. The van der Waals surface area contributed by atoms with Gasteiger partial charge in [-0.15, -0.1) is 0 Å². The quantitative estimate of drug-likeness (QED) is 0.752. The molecule has 0 spiro atoms. The second kappa shape index (κ2) is 7.84. The lowest BCUT2D eigenvalue weighted by Gasteiger charge is -2.34. The first kappa shape index (κ1) is 17.7. The van der Waals surface area contributed by atoms with E-state index in [0.29, 0.717) is 5.75 Å². The van der Waals surface area contributed by atoms with Gasteiger partial charge in [-0.1, -0.05) is 24.3 Å². The molecule has 0 radical (unpaired) electrons. The minimum Gasteiger partial charge on any atom is -0.497 e. The maximum atomic E-state index is 9.89. The highest BCUT2D eigenvalue weighted by Gasteiger charge is 2.38. The number of aliphatic hydroxyl groups excluding tert-OH is 3. The van der Waals surface area contributed by atoms with Crippen LogP contribution < -0.4 is 9.47 Å². The van der Waals surface area contributed by atoms with Gasteiger partial charge >= 0.3 is 0 Å². The number of hydrogen-bond acceptors (Lipinski definition) is 6. The largest absolute Gasteiger partial charge is 0.497 e. The van der Waals surface area contributed by atoms with Crippen LogP contribution in [0.15, 0.2) is 48.5 Å². The topological polar surface area (TPSA) is 88.4 Å². The van der Waals surface area contributed by atoms with Gasteiger partial charge in [0, 0.05) is 0 Å². The summed E-state index contributed by atoms with van der Waals surface area (Å²) in [7, 11) is 1.64. The Morgan fingerprint density at radius 1 is 0.880 bits per heavy atom. The molecule has 6 heteroatoms. The lowest BCUT2D eigenvalue weighted by atomic mass is 10.0. The van der Waals surface area contributed by atoms with Crippen molar-refractivity contribution in [2.75, 3.05) is 13.7 Å². The summed E-state index contributed by atoms with van der Waals surface area (Å²) in [6.45, 7) is -0.0849. The summed E-state index contributed by atoms with van der Waals surface area (Å²) in [5, 5.41) is 29.0. The van der Waals surface area contributed by atoms with Crippen LogP contribution in [-0.2, 0) is 11.2 Å². The van der Waals surface area contributed by atoms with Crippen molar-refractivity contribution in [2.45, 2.75) is 31.0 Å². The fourth-order valence-electron chi connectivity index (χ4n) is 2.68. The van der Waals surface area contributed by atoms with E-state index in [0.717, 1.165) is 23.3 Å². The van der Waals surface area contributed by atoms with E-state index in [1.54, 1.807) is 19.2 Å². The van der Waals surface area contributed by atoms with E-state index in [-0.39, 0.29) is 6.61 Å². The van der Waals surface area contributed by atoms with Crippen LogP contribution in [0, 0.1) is 0 Å². The van der Waals surface area contributed by atoms with Gasteiger partial charge in [0.15, 0.2) is 0 Å². The lowest BCUT2D eigenvalue weighted by Crippen LogP contribution is -2.54. The van der Waals surface area contributed by atoms with Crippen molar-refractivity contribution in [1.82, 2.24) is 0 Å². The van der Waals surface area contributed by atoms with Crippen LogP contribution in [0.3, 0.4) is 0 Å². The van der Waals surface area contributed by atoms with Gasteiger partial charge in [-0.2, -0.15) is 0 Å². The number of rotatable bonds is 5. The summed E-state index contributed by atoms with van der Waals surface area (Å²) in [5.74, 6) is 1.34. The van der Waals surface area contributed by atoms with Gasteiger partial charge in [0.25, 0.3) is 0 Å². The van der Waals surface area contributed by atoms with Crippen molar-refractivity contribution in [3.05, 3.63) is 59.7 Å². The highest BCUT2D eigenvalue weighted by atomic mass is 16.7. The van der Waals surface area contributed by atoms with Crippen LogP contribution in [0.2, 0.25) is 0 Å². The standard InChI is InChI=1S/C19H22O6/c1-23-14-6-2-12(3-7-14)10-13-4-8-15(9-5-13)25-19-18(22)17(21)16(20)11-24-19/h2-9,16-22H,10-11H2,1H3/t16-,17-,18+,19+/m0/s1. The van der Waals surface area contributed by atoms with Crippen molar-refractivity contribution < 1.29 is 29.5 Å². The molecule has 3 N–H and O–H groups in total. The van der Waals surface area contributed by atoms with Crippen LogP contribution in [0.1, 0.15) is 11.1 Å². The number of ether oxygens (including phenoxy) is 3. The fraction of sp³-hybridized carbons (Fsp3) is 0.368. The molecule has 1 fully saturated rings. The third-order valence-electron chi connectivity index (χ3n) is 4.20. The molecule has 1 heterocycles. The average molecular weight is 346 g/mol. The fourth-order valence-corrected chi connectivity index (χ4v) is 2.68. The molecule has 0 aromatic heterocycles. The Morgan fingerprint density at radius 2 is 1.44 bits per heavy atom. The minimum absolute atomic E-state index is 0.0849. The molecule has 4 atom stereocenters. The zero-order valence-corrected chi connectivity index (χ0v) is 13.9. The molecule has 1 saturated heterocycles. The van der Waals surface area contributed by atoms with Crippen molar-refractivity contribution in [1.29, 1.82) is 0 Å². The molecule has 0 aliphatic carbocycles. The SMILES string of the molecule is COc1ccc(Cc2ccc(O[C@H]3OC[C@H](O)[C@H](O)[C@H]3O)cc2)cc1. The predicted molar refractivity (Wildman–Crippen MR) is 90.6 cm³/mol. The highest BCUT2D eigenvalue weighted by Crippen LogP contribution is 2.22. The van der Waals surface area contributed by atoms with Crippen LogP contribution in [0.4, 0.5) is 0 Å². The molecule has 0 saturated carbocycles. The van der Waals surface area contributed by atoms with Gasteiger partial charge < -0.3 is 29.5 Å². The summed E-state index contributed by atoms with van der Waals surface area (Å²) in [6.07, 6.45) is -3.93. The Morgan fingerprint density at radius 3 is 2.00 bits per heavy atom. The molecule has 3 rings (SSSR count). The van der Waals surface area contributed by atoms with Gasteiger partial charge in [0.05, 0.1) is 13.7 Å². The van der Waals surface area contributed by atoms with E-state index in [2.05, 4.69) is 0 Å². The van der Waals surface area contributed by atoms with Crippen molar-refractivity contribution >= 4 is 0 Å². The summed E-state index contributed by atoms with van der Waals surface area (Å²) in [6, 6.07) is 15.3. The molecule has 2 aromatic rings. The Labute approximate surface area is 146 Å². The number of hydrogen-bond donors (Lipinski definition) is 3. The summed E-state index contributed by atoms with van der Waals surface area (Å²) in [4.78, 5) is 0. The molecule has 134 valence electrons. The van der Waals surface area contributed by atoms with Gasteiger partial charge in [-0.05, 0) is 41.8 Å². The zero-order valence-electron chi connectivity index (χ0n) is 13.9. The van der Waals surface area contributed by atoms with Crippen LogP contribution in [0.25, 0.3) is 0 Å². The van der Waals surface area contributed by atoms with Gasteiger partial charge in [0.1, 0.15) is 29.8 Å². The van der Waals surface area contributed by atoms with Crippen LogP contribution >= 0.6 is 0 Å². The van der Waals surface area contributed by atoms with E-state index in [1.165, 1.54) is 0 Å². The van der Waals surface area contributed by atoms with Gasteiger partial charge in [-0.25, -0.2) is 0 Å². The van der Waals surface area contributed by atoms with Gasteiger partial charge in [0.2, 0.25) is 6.29 Å². The maximum absolute atomic E-state index is 9.89. The lowest BCUT2D eigenvalue weighted by molar-refractivity contribution is -0.242. The van der Waals surface area contributed by atoms with E-state index in [1.807, 2.05) is 36.4 Å². The predicted octanol–water partition coefficient (Wildman–Crippen LogP) is 1.10. The molecule has 0 amide bonds. The molecular formula is C19H22O6. The summed E-state index contributed by atoms with van der Waals surface area (Å²) in [5.41, 5.74) is 2.27. The molecular weight excluding hydrogens is 324 g/mol. The average Bonchev–Trinajstić information content (AvgIpc) is 2.64. The van der Waals surface area contributed by atoms with Crippen LogP contribution in [-0.4, -0.2) is 53.6 Å². The first-order chi connectivity index (χ1) is 12.1. The number of aliphatic hydroxyl groups is 3. The van der Waals surface area contributed by atoms with Crippen molar-refractivity contribution in [3.63, 3.8) is 0 Å². The minimum atomic E-state index is -1.30. The highest BCUT2D eigenvalue weighted by molar-refractivity contribution is 5.34. The third-order valence-corrected chi connectivity index (χ3v) is 4.20. The summed E-state index contributed by atoms with van der Waals surface area (Å²) < 4.78 is 15.9. The van der Waals surface area contributed by atoms with Crippen LogP contribution in [0.5, 0.6) is 11.5 Å².